The smallest absolute Gasteiger partial charge is 0.322 e. The number of hydrogen-bond acceptors (Lipinski definition) is 5. The van der Waals surface area contributed by atoms with Gasteiger partial charge in [-0.15, -0.1) is 11.3 Å². The van der Waals surface area contributed by atoms with E-state index in [1.165, 1.54) is 12.1 Å². The second-order valence-corrected chi connectivity index (χ2v) is 3.80. The van der Waals surface area contributed by atoms with Gasteiger partial charge < -0.3 is 10.4 Å². The molecule has 0 spiro atoms. The first-order valence-electron chi connectivity index (χ1n) is 4.15. The summed E-state index contributed by atoms with van der Waals surface area (Å²) in [5, 5.41) is 10.5. The second kappa shape index (κ2) is 5.24. The zero-order valence-corrected chi connectivity index (χ0v) is 8.84. The van der Waals surface area contributed by atoms with Crippen LogP contribution in [-0.2, 0) is 4.79 Å². The van der Waals surface area contributed by atoms with E-state index in [4.69, 9.17) is 10.9 Å². The molecule has 0 saturated carbocycles. The minimum atomic E-state index is -1.13. The van der Waals surface area contributed by atoms with Gasteiger partial charge in [-0.25, -0.2) is 5.84 Å². The number of hydrazine groups is 1. The van der Waals surface area contributed by atoms with Crippen LogP contribution in [0.1, 0.15) is 19.3 Å². The quantitative estimate of drug-likeness (QED) is 0.312. The molecule has 1 aromatic heterocycles. The van der Waals surface area contributed by atoms with Crippen molar-refractivity contribution in [1.29, 1.82) is 0 Å². The van der Waals surface area contributed by atoms with Crippen LogP contribution in [0.2, 0.25) is 0 Å². The maximum Gasteiger partial charge on any atom is 0.322 e. The zero-order valence-electron chi connectivity index (χ0n) is 8.02. The molecule has 16 heavy (non-hydrogen) atoms. The van der Waals surface area contributed by atoms with Crippen molar-refractivity contribution in [3.8, 4) is 0 Å². The molecule has 0 bridgehead atoms. The van der Waals surface area contributed by atoms with Crippen LogP contribution in [-0.4, -0.2) is 29.4 Å². The van der Waals surface area contributed by atoms with E-state index in [1.54, 1.807) is 0 Å². The van der Waals surface area contributed by atoms with Crippen molar-refractivity contribution in [3.05, 3.63) is 21.9 Å². The Labute approximate surface area is 94.2 Å². The van der Waals surface area contributed by atoms with Gasteiger partial charge in [-0.05, 0) is 12.1 Å². The number of carboxylic acid groups (broad SMARTS) is 1. The van der Waals surface area contributed by atoms with Crippen LogP contribution in [0.3, 0.4) is 0 Å². The first kappa shape index (κ1) is 12.1. The van der Waals surface area contributed by atoms with Crippen molar-refractivity contribution in [2.75, 3.05) is 6.54 Å². The molecule has 0 aliphatic heterocycles. The summed E-state index contributed by atoms with van der Waals surface area (Å²) in [6.45, 7) is -0.463. The number of hydrogen-bond donors (Lipinski definition) is 4. The Hall–Kier alpha value is -1.93. The summed E-state index contributed by atoms with van der Waals surface area (Å²) in [5.41, 5.74) is 1.93. The Morgan fingerprint density at radius 1 is 1.25 bits per heavy atom. The summed E-state index contributed by atoms with van der Waals surface area (Å²) < 4.78 is 0. The van der Waals surface area contributed by atoms with E-state index >= 15 is 0 Å². The normalized spacial score (nSPS) is 9.56. The molecule has 1 aromatic rings. The van der Waals surface area contributed by atoms with Gasteiger partial charge in [-0.2, -0.15) is 0 Å². The van der Waals surface area contributed by atoms with Crippen molar-refractivity contribution in [3.63, 3.8) is 0 Å². The number of nitrogen functional groups attached to an aromatic ring is 1. The Morgan fingerprint density at radius 3 is 2.31 bits per heavy atom. The number of carbonyl (C=O) groups is 3. The Kier molecular flexibility index (Phi) is 3.97. The highest BCUT2D eigenvalue weighted by molar-refractivity contribution is 7.15. The van der Waals surface area contributed by atoms with Crippen LogP contribution < -0.4 is 16.6 Å². The number of thiophene rings is 1. The molecule has 1 heterocycles. The molecule has 0 radical (unpaired) electrons. The highest BCUT2D eigenvalue weighted by Crippen LogP contribution is 2.15. The fourth-order valence-corrected chi connectivity index (χ4v) is 1.72. The average molecular weight is 243 g/mol. The Morgan fingerprint density at radius 2 is 1.81 bits per heavy atom. The van der Waals surface area contributed by atoms with Crippen LogP contribution in [0.25, 0.3) is 0 Å². The number of amides is 2. The highest BCUT2D eigenvalue weighted by Gasteiger charge is 2.13. The average Bonchev–Trinajstić information content (AvgIpc) is 2.74. The molecule has 1 rings (SSSR count). The van der Waals surface area contributed by atoms with E-state index in [1.807, 2.05) is 5.43 Å². The summed E-state index contributed by atoms with van der Waals surface area (Å²) in [4.78, 5) is 33.1. The van der Waals surface area contributed by atoms with Gasteiger partial charge in [0.25, 0.3) is 11.8 Å². The van der Waals surface area contributed by atoms with Gasteiger partial charge in [-0.3, -0.25) is 19.8 Å². The first-order chi connectivity index (χ1) is 7.54. The molecule has 0 atom stereocenters. The Balaban J connectivity index is 2.67. The SMILES string of the molecule is NNC(=O)c1ccc(C(=O)NCC(=O)O)s1. The maximum absolute atomic E-state index is 11.3. The van der Waals surface area contributed by atoms with Crippen LogP contribution in [0, 0.1) is 0 Å². The predicted octanol–water partition coefficient (Wildman–Crippen LogP) is -0.834. The fourth-order valence-electron chi connectivity index (χ4n) is 0.896. The number of aliphatic carboxylic acids is 1. The summed E-state index contributed by atoms with van der Waals surface area (Å²) >= 11 is 0.928. The zero-order chi connectivity index (χ0) is 12.1. The Bertz CT molecular complexity index is 429. The van der Waals surface area contributed by atoms with Crippen molar-refractivity contribution in [2.24, 2.45) is 5.84 Å². The minimum Gasteiger partial charge on any atom is -0.480 e. The molecule has 2 amide bonds. The number of rotatable bonds is 4. The van der Waals surface area contributed by atoms with Gasteiger partial charge in [0.2, 0.25) is 0 Å². The third-order valence-corrected chi connectivity index (χ3v) is 2.67. The summed E-state index contributed by atoms with van der Waals surface area (Å²) in [5.74, 6) is 2.75. The highest BCUT2D eigenvalue weighted by atomic mass is 32.1. The van der Waals surface area contributed by atoms with Gasteiger partial charge in [0.15, 0.2) is 0 Å². The molecule has 86 valence electrons. The van der Waals surface area contributed by atoms with E-state index < -0.39 is 24.3 Å². The van der Waals surface area contributed by atoms with Gasteiger partial charge in [0.05, 0.1) is 9.75 Å². The monoisotopic (exact) mass is 243 g/mol. The van der Waals surface area contributed by atoms with Crippen molar-refractivity contribution < 1.29 is 19.5 Å². The van der Waals surface area contributed by atoms with Crippen molar-refractivity contribution in [2.45, 2.75) is 0 Å². The van der Waals surface area contributed by atoms with E-state index in [-0.39, 0.29) is 9.75 Å². The van der Waals surface area contributed by atoms with Crippen molar-refractivity contribution >= 4 is 29.1 Å². The molecule has 7 nitrogen and oxygen atoms in total. The molecule has 0 aromatic carbocycles. The van der Waals surface area contributed by atoms with Crippen molar-refractivity contribution in [1.82, 2.24) is 10.7 Å². The number of carbonyl (C=O) groups excluding carboxylic acids is 2. The number of nitrogens with two attached hydrogens (primary N) is 1. The van der Waals surface area contributed by atoms with E-state index in [9.17, 15) is 14.4 Å². The summed E-state index contributed by atoms with van der Waals surface area (Å²) in [6, 6.07) is 2.86. The lowest BCUT2D eigenvalue weighted by molar-refractivity contribution is -0.135. The molecule has 0 aliphatic rings. The second-order valence-electron chi connectivity index (χ2n) is 2.71. The number of carboxylic acids is 1. The fraction of sp³-hybridized carbons (Fsp3) is 0.125. The van der Waals surface area contributed by atoms with Gasteiger partial charge in [0, 0.05) is 0 Å². The lowest BCUT2D eigenvalue weighted by Gasteiger charge is -1.98. The first-order valence-corrected chi connectivity index (χ1v) is 4.97. The molecular formula is C8H9N3O4S. The molecule has 0 saturated heterocycles. The minimum absolute atomic E-state index is 0.250. The van der Waals surface area contributed by atoms with Crippen LogP contribution in [0.4, 0.5) is 0 Å². The third-order valence-electron chi connectivity index (χ3n) is 1.58. The predicted molar refractivity (Wildman–Crippen MR) is 55.9 cm³/mol. The summed E-state index contributed by atoms with van der Waals surface area (Å²) in [6.07, 6.45) is 0. The van der Waals surface area contributed by atoms with E-state index in [0.29, 0.717) is 0 Å². The van der Waals surface area contributed by atoms with E-state index in [2.05, 4.69) is 5.32 Å². The molecule has 0 aliphatic carbocycles. The molecular weight excluding hydrogens is 234 g/mol. The van der Waals surface area contributed by atoms with Gasteiger partial charge in [0.1, 0.15) is 6.54 Å². The molecule has 8 heteroatoms. The maximum atomic E-state index is 11.3. The van der Waals surface area contributed by atoms with Crippen LogP contribution in [0.5, 0.6) is 0 Å². The topological polar surface area (TPSA) is 122 Å². The lowest BCUT2D eigenvalue weighted by atomic mass is 10.4. The molecule has 5 N–H and O–H groups in total. The number of nitrogens with one attached hydrogen (secondary N) is 2. The van der Waals surface area contributed by atoms with Gasteiger partial charge >= 0.3 is 5.97 Å². The lowest BCUT2D eigenvalue weighted by Crippen LogP contribution is -2.29. The molecule has 0 fully saturated rings. The van der Waals surface area contributed by atoms with Crippen LogP contribution >= 0.6 is 11.3 Å². The largest absolute Gasteiger partial charge is 0.480 e. The molecule has 0 unspecified atom stereocenters. The van der Waals surface area contributed by atoms with E-state index in [0.717, 1.165) is 11.3 Å². The van der Waals surface area contributed by atoms with Crippen LogP contribution in [0.15, 0.2) is 12.1 Å². The van der Waals surface area contributed by atoms with Gasteiger partial charge in [-0.1, -0.05) is 0 Å². The third kappa shape index (κ3) is 3.04. The summed E-state index contributed by atoms with van der Waals surface area (Å²) in [7, 11) is 0. The standard InChI is InChI=1S/C8H9N3O4S/c9-11-8(15)5-2-1-4(16-5)7(14)10-3-6(12)13/h1-2H,3,9H2,(H,10,14)(H,11,15)(H,12,13).